The van der Waals surface area contributed by atoms with Crippen molar-refractivity contribution < 1.29 is 23.1 Å². The van der Waals surface area contributed by atoms with E-state index in [-0.39, 0.29) is 30.4 Å². The molecule has 2 saturated heterocycles. The standard InChI is InChI=1S/C19H24F3N3O2/c20-14-10-15(21)17(23-16(14)22)24-8-1-6-19(11-24)7-9-25(18(19)27)12-2-4-13(26)5-3-12/h10,12-13,26H,1-9,11H2. The van der Waals surface area contributed by atoms with Gasteiger partial charge in [0.1, 0.15) is 0 Å². The van der Waals surface area contributed by atoms with Gasteiger partial charge in [0.15, 0.2) is 17.5 Å². The first-order valence-corrected chi connectivity index (χ1v) is 9.65. The molecule has 3 heterocycles. The van der Waals surface area contributed by atoms with Crippen molar-refractivity contribution in [2.45, 2.75) is 57.1 Å². The van der Waals surface area contributed by atoms with Crippen molar-refractivity contribution in [1.82, 2.24) is 9.88 Å². The molecule has 1 spiro atoms. The minimum absolute atomic E-state index is 0.0663. The van der Waals surface area contributed by atoms with Crippen LogP contribution in [-0.2, 0) is 4.79 Å². The van der Waals surface area contributed by atoms with E-state index >= 15 is 0 Å². The molecule has 5 nitrogen and oxygen atoms in total. The van der Waals surface area contributed by atoms with Crippen LogP contribution in [-0.4, -0.2) is 52.7 Å². The van der Waals surface area contributed by atoms with Gasteiger partial charge in [-0.15, -0.1) is 0 Å². The lowest BCUT2D eigenvalue weighted by Gasteiger charge is -2.41. The molecule has 8 heteroatoms. The number of anilines is 1. The Labute approximate surface area is 156 Å². The summed E-state index contributed by atoms with van der Waals surface area (Å²) in [5.74, 6) is -3.71. The number of aliphatic hydroxyl groups is 1. The number of aliphatic hydroxyl groups excluding tert-OH is 1. The molecule has 0 radical (unpaired) electrons. The minimum atomic E-state index is -1.33. The molecule has 1 aromatic heterocycles. The zero-order valence-corrected chi connectivity index (χ0v) is 15.1. The van der Waals surface area contributed by atoms with Crippen molar-refractivity contribution in [3.8, 4) is 0 Å². The summed E-state index contributed by atoms with van der Waals surface area (Å²) in [5.41, 5.74) is -0.618. The van der Waals surface area contributed by atoms with E-state index in [1.807, 2.05) is 4.90 Å². The second-order valence-electron chi connectivity index (χ2n) is 8.08. The van der Waals surface area contributed by atoms with Gasteiger partial charge in [-0.1, -0.05) is 0 Å². The fourth-order valence-electron chi connectivity index (χ4n) is 4.91. The molecule has 1 aromatic rings. The molecule has 1 unspecified atom stereocenters. The fraction of sp³-hybridized carbons (Fsp3) is 0.684. The van der Waals surface area contributed by atoms with Crippen LogP contribution >= 0.6 is 0 Å². The van der Waals surface area contributed by atoms with Crippen LogP contribution in [0.1, 0.15) is 44.9 Å². The Morgan fingerprint density at radius 2 is 1.81 bits per heavy atom. The predicted molar refractivity (Wildman–Crippen MR) is 92.6 cm³/mol. The van der Waals surface area contributed by atoms with E-state index in [9.17, 15) is 23.1 Å². The maximum absolute atomic E-state index is 14.2. The van der Waals surface area contributed by atoms with Crippen molar-refractivity contribution in [2.24, 2.45) is 5.41 Å². The van der Waals surface area contributed by atoms with Crippen molar-refractivity contribution in [1.29, 1.82) is 0 Å². The highest BCUT2D eigenvalue weighted by Gasteiger charge is 2.51. The van der Waals surface area contributed by atoms with Gasteiger partial charge in [-0.25, -0.2) is 8.78 Å². The molecule has 1 atom stereocenters. The van der Waals surface area contributed by atoms with Crippen molar-refractivity contribution >= 4 is 11.7 Å². The molecular formula is C19H24F3N3O2. The molecule has 3 fully saturated rings. The van der Waals surface area contributed by atoms with Gasteiger partial charge in [0, 0.05) is 31.7 Å². The summed E-state index contributed by atoms with van der Waals surface area (Å²) in [5, 5.41) is 9.70. The Balaban J connectivity index is 1.52. The monoisotopic (exact) mass is 383 g/mol. The highest BCUT2D eigenvalue weighted by molar-refractivity contribution is 5.86. The van der Waals surface area contributed by atoms with Gasteiger partial charge in [0.2, 0.25) is 5.91 Å². The predicted octanol–water partition coefficient (Wildman–Crippen LogP) is 2.62. The molecule has 4 rings (SSSR count). The molecular weight excluding hydrogens is 359 g/mol. The minimum Gasteiger partial charge on any atom is -0.393 e. The Morgan fingerprint density at radius 1 is 1.07 bits per heavy atom. The van der Waals surface area contributed by atoms with Crippen molar-refractivity contribution in [2.75, 3.05) is 24.5 Å². The van der Waals surface area contributed by atoms with Gasteiger partial charge in [0.25, 0.3) is 5.95 Å². The molecule has 148 valence electrons. The SMILES string of the molecule is O=C1N(C2CCC(O)CC2)CCC12CCCN(c1nc(F)c(F)cc1F)C2. The molecule has 1 N–H and O–H groups in total. The second kappa shape index (κ2) is 6.96. The van der Waals surface area contributed by atoms with E-state index in [0.717, 1.165) is 12.8 Å². The van der Waals surface area contributed by atoms with Crippen LogP contribution in [0.5, 0.6) is 0 Å². The maximum atomic E-state index is 14.2. The number of likely N-dealkylation sites (tertiary alicyclic amines) is 1. The fourth-order valence-corrected chi connectivity index (χ4v) is 4.91. The first-order chi connectivity index (χ1) is 12.9. The maximum Gasteiger partial charge on any atom is 0.251 e. The second-order valence-corrected chi connectivity index (χ2v) is 8.08. The van der Waals surface area contributed by atoms with Gasteiger partial charge in [-0.3, -0.25) is 4.79 Å². The van der Waals surface area contributed by atoms with Crippen LogP contribution in [0.4, 0.5) is 19.0 Å². The van der Waals surface area contributed by atoms with Gasteiger partial charge in [0.05, 0.1) is 11.5 Å². The number of piperidine rings is 1. The smallest absolute Gasteiger partial charge is 0.251 e. The number of carbonyl (C=O) groups excluding carboxylic acids is 1. The summed E-state index contributed by atoms with van der Waals surface area (Å²) in [4.78, 5) is 20.2. The lowest BCUT2D eigenvalue weighted by molar-refractivity contribution is -0.139. The van der Waals surface area contributed by atoms with Crippen LogP contribution in [0.25, 0.3) is 0 Å². The third-order valence-electron chi connectivity index (χ3n) is 6.40. The van der Waals surface area contributed by atoms with Crippen LogP contribution in [0.3, 0.4) is 0 Å². The third-order valence-corrected chi connectivity index (χ3v) is 6.40. The Hall–Kier alpha value is -1.83. The number of carbonyl (C=O) groups is 1. The van der Waals surface area contributed by atoms with Gasteiger partial charge < -0.3 is 14.9 Å². The van der Waals surface area contributed by atoms with E-state index in [1.165, 1.54) is 0 Å². The number of rotatable bonds is 2. The van der Waals surface area contributed by atoms with E-state index in [0.29, 0.717) is 51.3 Å². The molecule has 27 heavy (non-hydrogen) atoms. The number of aromatic nitrogens is 1. The lowest BCUT2D eigenvalue weighted by atomic mass is 9.78. The zero-order chi connectivity index (χ0) is 19.2. The Morgan fingerprint density at radius 3 is 2.56 bits per heavy atom. The normalized spacial score (nSPS) is 31.8. The summed E-state index contributed by atoms with van der Waals surface area (Å²) in [6.07, 6.45) is 4.78. The van der Waals surface area contributed by atoms with E-state index in [4.69, 9.17) is 0 Å². The Kier molecular flexibility index (Phi) is 4.78. The average molecular weight is 383 g/mol. The number of halogens is 3. The Bertz CT molecular complexity index is 739. The van der Waals surface area contributed by atoms with Crippen LogP contribution < -0.4 is 4.90 Å². The summed E-state index contributed by atoms with van der Waals surface area (Å²) >= 11 is 0. The van der Waals surface area contributed by atoms with Crippen LogP contribution in [0.15, 0.2) is 6.07 Å². The van der Waals surface area contributed by atoms with Crippen LogP contribution in [0, 0.1) is 23.0 Å². The van der Waals surface area contributed by atoms with Crippen molar-refractivity contribution in [3.05, 3.63) is 23.6 Å². The quantitative estimate of drug-likeness (QED) is 0.798. The number of amides is 1. The highest BCUT2D eigenvalue weighted by atomic mass is 19.2. The molecule has 1 aliphatic carbocycles. The van der Waals surface area contributed by atoms with Gasteiger partial charge in [-0.2, -0.15) is 9.37 Å². The number of pyridine rings is 1. The molecule has 1 amide bonds. The number of hydrogen-bond donors (Lipinski definition) is 1. The largest absolute Gasteiger partial charge is 0.393 e. The van der Waals surface area contributed by atoms with Gasteiger partial charge >= 0.3 is 0 Å². The van der Waals surface area contributed by atoms with E-state index in [1.54, 1.807) is 4.90 Å². The first-order valence-electron chi connectivity index (χ1n) is 9.65. The molecule has 2 aliphatic heterocycles. The van der Waals surface area contributed by atoms with E-state index < -0.39 is 23.0 Å². The molecule has 1 saturated carbocycles. The average Bonchev–Trinajstić information content (AvgIpc) is 2.95. The highest BCUT2D eigenvalue weighted by Crippen LogP contribution is 2.43. The summed E-state index contributed by atoms with van der Waals surface area (Å²) in [6.45, 7) is 1.38. The van der Waals surface area contributed by atoms with Gasteiger partial charge in [-0.05, 0) is 44.9 Å². The third kappa shape index (κ3) is 3.28. The lowest BCUT2D eigenvalue weighted by Crippen LogP contribution is -2.50. The first kappa shape index (κ1) is 18.5. The number of nitrogens with zero attached hydrogens (tertiary/aromatic N) is 3. The zero-order valence-electron chi connectivity index (χ0n) is 15.1. The molecule has 0 bridgehead atoms. The molecule has 0 aromatic carbocycles. The summed E-state index contributed by atoms with van der Waals surface area (Å²) < 4.78 is 40.9. The number of hydrogen-bond acceptors (Lipinski definition) is 4. The topological polar surface area (TPSA) is 56.7 Å². The van der Waals surface area contributed by atoms with E-state index in [2.05, 4.69) is 4.98 Å². The van der Waals surface area contributed by atoms with Crippen molar-refractivity contribution in [3.63, 3.8) is 0 Å². The summed E-state index contributed by atoms with van der Waals surface area (Å²) in [7, 11) is 0. The van der Waals surface area contributed by atoms with Crippen LogP contribution in [0.2, 0.25) is 0 Å². The summed E-state index contributed by atoms with van der Waals surface area (Å²) in [6, 6.07) is 0.656. The molecule has 3 aliphatic rings.